The van der Waals surface area contributed by atoms with Crippen LogP contribution < -0.4 is 10.1 Å². The molecule has 1 aromatic carbocycles. The Kier molecular flexibility index (Phi) is 5.73. The van der Waals surface area contributed by atoms with Crippen molar-refractivity contribution < 1.29 is 19.4 Å². The molecule has 0 aliphatic heterocycles. The molecular formula is C16H19N5O6. The van der Waals surface area contributed by atoms with Crippen LogP contribution in [0.2, 0.25) is 0 Å². The van der Waals surface area contributed by atoms with Gasteiger partial charge < -0.3 is 10.1 Å². The molecule has 0 fully saturated rings. The second-order valence-corrected chi connectivity index (χ2v) is 5.99. The van der Waals surface area contributed by atoms with Gasteiger partial charge in [-0.15, -0.1) is 0 Å². The van der Waals surface area contributed by atoms with Crippen LogP contribution in [0.15, 0.2) is 18.2 Å². The largest absolute Gasteiger partial charge is 0.496 e. The maximum absolute atomic E-state index is 12.4. The number of amides is 1. The number of hydrogen-bond donors (Lipinski definition) is 1. The first kappa shape index (κ1) is 19.8. The molecule has 2 rings (SSSR count). The number of methoxy groups -OCH3 is 1. The summed E-state index contributed by atoms with van der Waals surface area (Å²) in [4.78, 5) is 33.6. The van der Waals surface area contributed by atoms with Crippen LogP contribution in [-0.2, 0) is 11.3 Å². The summed E-state index contributed by atoms with van der Waals surface area (Å²) < 4.78 is 6.34. The van der Waals surface area contributed by atoms with Crippen LogP contribution in [0.1, 0.15) is 18.3 Å². The Labute approximate surface area is 154 Å². The van der Waals surface area contributed by atoms with Gasteiger partial charge in [0.25, 0.3) is 5.69 Å². The van der Waals surface area contributed by atoms with Crippen LogP contribution in [0.5, 0.6) is 5.75 Å². The van der Waals surface area contributed by atoms with Crippen molar-refractivity contribution in [2.24, 2.45) is 5.92 Å². The lowest BCUT2D eigenvalue weighted by Crippen LogP contribution is -2.25. The number of carbonyl (C=O) groups is 1. The van der Waals surface area contributed by atoms with Crippen LogP contribution in [0.4, 0.5) is 17.1 Å². The minimum atomic E-state index is -0.635. The van der Waals surface area contributed by atoms with E-state index in [2.05, 4.69) is 10.4 Å². The molecular weight excluding hydrogens is 358 g/mol. The molecule has 1 N–H and O–H groups in total. The lowest BCUT2D eigenvalue weighted by Gasteiger charge is -2.13. The van der Waals surface area contributed by atoms with Crippen molar-refractivity contribution in [2.45, 2.75) is 27.3 Å². The molecule has 1 amide bonds. The summed E-state index contributed by atoms with van der Waals surface area (Å²) in [5.41, 5.74) is 0.255. The molecule has 1 heterocycles. The zero-order chi connectivity index (χ0) is 20.3. The number of aryl methyl sites for hydroxylation is 1. The molecule has 11 heteroatoms. The number of nitro benzene ring substituents is 1. The molecule has 11 nitrogen and oxygen atoms in total. The Hall–Kier alpha value is -3.50. The first-order valence-electron chi connectivity index (χ1n) is 7.97. The predicted molar refractivity (Wildman–Crippen MR) is 95.8 cm³/mol. The number of aromatic nitrogens is 2. The molecule has 0 bridgehead atoms. The van der Waals surface area contributed by atoms with Crippen LogP contribution >= 0.6 is 0 Å². The quantitative estimate of drug-likeness (QED) is 0.577. The van der Waals surface area contributed by atoms with Gasteiger partial charge in [0, 0.05) is 0 Å². The molecule has 1 unspecified atom stereocenters. The van der Waals surface area contributed by atoms with E-state index in [4.69, 9.17) is 4.74 Å². The summed E-state index contributed by atoms with van der Waals surface area (Å²) >= 11 is 0. The Balaban J connectivity index is 2.19. The lowest BCUT2D eigenvalue weighted by molar-refractivity contribution is -0.386. The van der Waals surface area contributed by atoms with E-state index < -0.39 is 21.7 Å². The van der Waals surface area contributed by atoms with E-state index in [1.54, 1.807) is 13.8 Å². The number of nitrogens with zero attached hydrogens (tertiary/aromatic N) is 4. The zero-order valence-corrected chi connectivity index (χ0v) is 15.3. The average Bonchev–Trinajstić information content (AvgIpc) is 2.88. The molecule has 2 aromatic rings. The van der Waals surface area contributed by atoms with Crippen molar-refractivity contribution >= 4 is 23.0 Å². The number of carbonyl (C=O) groups excluding carboxylic acids is 1. The fourth-order valence-electron chi connectivity index (χ4n) is 2.62. The summed E-state index contributed by atoms with van der Waals surface area (Å²) in [5.74, 6) is -0.814. The van der Waals surface area contributed by atoms with Gasteiger partial charge in [-0.3, -0.25) is 29.7 Å². The van der Waals surface area contributed by atoms with Crippen molar-refractivity contribution in [1.82, 2.24) is 9.78 Å². The van der Waals surface area contributed by atoms with Gasteiger partial charge in [0.2, 0.25) is 5.91 Å². The topological polar surface area (TPSA) is 142 Å². The van der Waals surface area contributed by atoms with Crippen molar-refractivity contribution in [3.05, 3.63) is 49.8 Å². The lowest BCUT2D eigenvalue weighted by atomic mass is 10.1. The molecule has 0 aliphatic carbocycles. The number of nitrogens with one attached hydrogen (secondary N) is 1. The van der Waals surface area contributed by atoms with Crippen LogP contribution in [-0.4, -0.2) is 32.6 Å². The predicted octanol–water partition coefficient (Wildman–Crippen LogP) is 2.60. The summed E-state index contributed by atoms with van der Waals surface area (Å²) in [6.45, 7) is 4.77. The van der Waals surface area contributed by atoms with Gasteiger partial charge in [-0.05, 0) is 26.0 Å². The minimum absolute atomic E-state index is 0.0389. The van der Waals surface area contributed by atoms with E-state index in [0.717, 1.165) is 0 Å². The summed E-state index contributed by atoms with van der Waals surface area (Å²) in [6.07, 6.45) is 0. The van der Waals surface area contributed by atoms with Crippen LogP contribution in [0, 0.1) is 40.0 Å². The Morgan fingerprint density at radius 1 is 1.30 bits per heavy atom. The average molecular weight is 377 g/mol. The number of ether oxygens (including phenoxy) is 1. The van der Waals surface area contributed by atoms with Gasteiger partial charge in [-0.2, -0.15) is 5.10 Å². The third kappa shape index (κ3) is 4.19. The molecule has 27 heavy (non-hydrogen) atoms. The van der Waals surface area contributed by atoms with E-state index >= 15 is 0 Å². The van der Waals surface area contributed by atoms with Crippen molar-refractivity contribution in [3.8, 4) is 5.75 Å². The smallest absolute Gasteiger partial charge is 0.312 e. The Morgan fingerprint density at radius 3 is 2.48 bits per heavy atom. The Morgan fingerprint density at radius 2 is 1.96 bits per heavy atom. The number of rotatable bonds is 7. The maximum atomic E-state index is 12.4. The van der Waals surface area contributed by atoms with Crippen molar-refractivity contribution in [1.29, 1.82) is 0 Å². The van der Waals surface area contributed by atoms with E-state index in [9.17, 15) is 25.0 Å². The van der Waals surface area contributed by atoms with Gasteiger partial charge in [0.15, 0.2) is 0 Å². The van der Waals surface area contributed by atoms with E-state index in [0.29, 0.717) is 11.4 Å². The van der Waals surface area contributed by atoms with Crippen LogP contribution in [0.25, 0.3) is 0 Å². The highest BCUT2D eigenvalue weighted by molar-refractivity contribution is 5.94. The third-order valence-corrected chi connectivity index (χ3v) is 4.08. The minimum Gasteiger partial charge on any atom is -0.496 e. The normalized spacial score (nSPS) is 11.7. The van der Waals surface area contributed by atoms with Gasteiger partial charge in [0.1, 0.15) is 22.8 Å². The first-order chi connectivity index (χ1) is 12.6. The highest BCUT2D eigenvalue weighted by Gasteiger charge is 2.25. The first-order valence-corrected chi connectivity index (χ1v) is 7.97. The molecule has 0 saturated heterocycles. The van der Waals surface area contributed by atoms with Gasteiger partial charge in [-0.25, -0.2) is 0 Å². The third-order valence-electron chi connectivity index (χ3n) is 4.08. The number of anilines is 1. The highest BCUT2D eigenvalue weighted by atomic mass is 16.6. The molecule has 0 spiro atoms. The maximum Gasteiger partial charge on any atom is 0.312 e. The fourth-order valence-corrected chi connectivity index (χ4v) is 2.62. The van der Waals surface area contributed by atoms with Crippen molar-refractivity contribution in [2.75, 3.05) is 12.4 Å². The molecule has 144 valence electrons. The molecule has 1 atom stereocenters. The second kappa shape index (κ2) is 7.81. The number of benzene rings is 1. The van der Waals surface area contributed by atoms with Crippen LogP contribution in [0.3, 0.4) is 0 Å². The van der Waals surface area contributed by atoms with Gasteiger partial charge >= 0.3 is 5.69 Å². The van der Waals surface area contributed by atoms with E-state index in [1.165, 1.54) is 36.9 Å². The van der Waals surface area contributed by atoms with E-state index in [-0.39, 0.29) is 29.3 Å². The monoisotopic (exact) mass is 377 g/mol. The summed E-state index contributed by atoms with van der Waals surface area (Å²) in [7, 11) is 1.38. The standard InChI is InChI=1S/C16H19N5O6/c1-9(8-19-11(3)15(21(25)26)10(2)18-19)16(22)17-13-6-5-12(27-4)7-14(13)20(23)24/h5-7,9H,8H2,1-4H3,(H,17,22). The van der Waals surface area contributed by atoms with Crippen molar-refractivity contribution in [3.63, 3.8) is 0 Å². The highest BCUT2D eigenvalue weighted by Crippen LogP contribution is 2.29. The fraction of sp³-hybridized carbons (Fsp3) is 0.375. The van der Waals surface area contributed by atoms with E-state index in [1.807, 2.05) is 0 Å². The SMILES string of the molecule is COc1ccc(NC(=O)C(C)Cn2nc(C)c([N+](=O)[O-])c2C)c([N+](=O)[O-])c1. The zero-order valence-electron chi connectivity index (χ0n) is 15.3. The molecule has 1 aromatic heterocycles. The van der Waals surface area contributed by atoms with Gasteiger partial charge in [0.05, 0.1) is 35.5 Å². The Bertz CT molecular complexity index is 907. The number of nitro groups is 2. The second-order valence-electron chi connectivity index (χ2n) is 5.99. The molecule has 0 aliphatic rings. The summed E-state index contributed by atoms with van der Waals surface area (Å²) in [6, 6.07) is 4.10. The molecule has 0 saturated carbocycles. The number of hydrogen-bond acceptors (Lipinski definition) is 7. The van der Waals surface area contributed by atoms with Gasteiger partial charge in [-0.1, -0.05) is 6.92 Å². The summed E-state index contributed by atoms with van der Waals surface area (Å²) in [5, 5.41) is 28.9. The molecule has 0 radical (unpaired) electrons.